The summed E-state index contributed by atoms with van der Waals surface area (Å²) in [6, 6.07) is 10.2. The number of oxazole rings is 1. The van der Waals surface area contributed by atoms with E-state index in [4.69, 9.17) is 9.15 Å². The van der Waals surface area contributed by atoms with Crippen LogP contribution in [0.5, 0.6) is 5.75 Å². The molecule has 2 heterocycles. The van der Waals surface area contributed by atoms with Crippen LogP contribution in [0, 0.1) is 6.92 Å². The second-order valence-electron chi connectivity index (χ2n) is 9.09. The van der Waals surface area contributed by atoms with Crippen LogP contribution in [0.15, 0.2) is 65.5 Å². The van der Waals surface area contributed by atoms with E-state index in [1.54, 1.807) is 35.5 Å². The van der Waals surface area contributed by atoms with Crippen LogP contribution in [0.2, 0.25) is 0 Å². The highest BCUT2D eigenvalue weighted by Crippen LogP contribution is 2.29. The molecule has 2 aromatic heterocycles. The van der Waals surface area contributed by atoms with Crippen molar-refractivity contribution in [1.82, 2.24) is 14.5 Å². The molecule has 0 saturated heterocycles. The number of alkyl halides is 3. The van der Waals surface area contributed by atoms with E-state index in [0.717, 1.165) is 23.4 Å². The van der Waals surface area contributed by atoms with E-state index in [0.29, 0.717) is 48.2 Å². The summed E-state index contributed by atoms with van der Waals surface area (Å²) in [5, 5.41) is 9.36. The largest absolute Gasteiger partial charge is 0.487 e. The van der Waals surface area contributed by atoms with Crippen LogP contribution in [0.4, 0.5) is 18.9 Å². The Balaban J connectivity index is 1.32. The molecule has 4 rings (SSSR count). The topological polar surface area (TPSA) is 93.6 Å². The number of imidazole rings is 1. The summed E-state index contributed by atoms with van der Waals surface area (Å²) < 4.78 is 51.3. The highest BCUT2D eigenvalue weighted by Gasteiger charge is 2.29. The van der Waals surface area contributed by atoms with Gasteiger partial charge in [-0.1, -0.05) is 12.1 Å². The molecule has 0 spiro atoms. The monoisotopic (exact) mass is 554 g/mol. The predicted molar refractivity (Wildman–Crippen MR) is 143 cm³/mol. The zero-order chi connectivity index (χ0) is 28.7. The fourth-order valence-corrected chi connectivity index (χ4v) is 4.14. The quantitative estimate of drug-likeness (QED) is 0.249. The smallest absolute Gasteiger partial charge is 0.416 e. The first-order valence-corrected chi connectivity index (χ1v) is 12.6. The van der Waals surface area contributed by atoms with Crippen LogP contribution in [0.3, 0.4) is 0 Å². The van der Waals surface area contributed by atoms with Gasteiger partial charge in [-0.3, -0.25) is 4.79 Å². The lowest BCUT2D eigenvalue weighted by atomic mass is 10.1. The molecule has 0 aliphatic rings. The van der Waals surface area contributed by atoms with Gasteiger partial charge in [0.05, 0.1) is 5.56 Å². The molecule has 40 heavy (non-hydrogen) atoms. The number of rotatable bonds is 11. The lowest BCUT2D eigenvalue weighted by molar-refractivity contribution is -0.137. The van der Waals surface area contributed by atoms with Crippen molar-refractivity contribution >= 4 is 23.7 Å². The average Bonchev–Trinajstić information content (AvgIpc) is 3.58. The number of aryl methyl sites for hydroxylation is 2. The van der Waals surface area contributed by atoms with Crippen LogP contribution in [-0.4, -0.2) is 32.1 Å². The number of ether oxygens (including phenoxy) is 1. The summed E-state index contributed by atoms with van der Waals surface area (Å²) >= 11 is 0. The van der Waals surface area contributed by atoms with Crippen LogP contribution in [0.25, 0.3) is 12.2 Å². The molecule has 0 aliphatic carbocycles. The number of hydrogen-bond donors (Lipinski definition) is 1. The minimum atomic E-state index is -4.38. The van der Waals surface area contributed by atoms with Crippen molar-refractivity contribution < 1.29 is 32.2 Å². The van der Waals surface area contributed by atoms with Crippen LogP contribution in [0.1, 0.15) is 47.4 Å². The first-order chi connectivity index (χ1) is 19.1. The highest BCUT2D eigenvalue weighted by atomic mass is 19.4. The van der Waals surface area contributed by atoms with E-state index in [1.807, 2.05) is 23.6 Å². The number of hydrogen-bond acceptors (Lipinski definition) is 6. The molecule has 4 aromatic rings. The van der Waals surface area contributed by atoms with Gasteiger partial charge in [0.15, 0.2) is 0 Å². The molecule has 0 aliphatic heterocycles. The van der Waals surface area contributed by atoms with E-state index in [9.17, 15) is 23.1 Å². The van der Waals surface area contributed by atoms with E-state index >= 15 is 0 Å². The zero-order valence-corrected chi connectivity index (χ0v) is 22.1. The standard InChI is InChI=1S/C29H29F3N4O4/c1-20-16-25(9-10-26(20)36(21(2)38)14-3-13-35-15-12-33-27(35)17-37)39-18-24-19-40-28(34-24)11-6-22-4-7-23(8-5-22)29(30,31)32/h4-12,15-16,19,37H,3,13-14,17-18H2,1-2H3/b11-6+. The Morgan fingerprint density at radius 1 is 1.18 bits per heavy atom. The molecule has 1 amide bonds. The Bertz CT molecular complexity index is 1460. The number of halogens is 3. The number of benzene rings is 2. The molecular weight excluding hydrogens is 525 g/mol. The second kappa shape index (κ2) is 12.6. The van der Waals surface area contributed by atoms with Gasteiger partial charge in [0.2, 0.25) is 11.8 Å². The van der Waals surface area contributed by atoms with Crippen LogP contribution < -0.4 is 9.64 Å². The Kier molecular flexibility index (Phi) is 9.05. The SMILES string of the molecule is CC(=O)N(CCCn1ccnc1CO)c1ccc(OCc2coc(/C=C/c3ccc(C(F)(F)F)cc3)n2)cc1C. The van der Waals surface area contributed by atoms with Crippen molar-refractivity contribution in [3.05, 3.63) is 95.2 Å². The summed E-state index contributed by atoms with van der Waals surface area (Å²) in [6.45, 7) is 4.55. The van der Waals surface area contributed by atoms with Gasteiger partial charge in [-0.25, -0.2) is 9.97 Å². The lowest BCUT2D eigenvalue weighted by Crippen LogP contribution is -2.30. The number of anilines is 1. The average molecular weight is 555 g/mol. The van der Waals surface area contributed by atoms with Crippen molar-refractivity contribution in [3.63, 3.8) is 0 Å². The fourth-order valence-electron chi connectivity index (χ4n) is 4.14. The summed E-state index contributed by atoms with van der Waals surface area (Å²) in [6.07, 6.45) is 4.37. The minimum Gasteiger partial charge on any atom is -0.487 e. The van der Waals surface area contributed by atoms with Crippen molar-refractivity contribution in [2.75, 3.05) is 11.4 Å². The van der Waals surface area contributed by atoms with Gasteiger partial charge < -0.3 is 23.7 Å². The summed E-state index contributed by atoms with van der Waals surface area (Å²) in [4.78, 5) is 22.5. The maximum atomic E-state index is 12.7. The Labute approximate surface area is 229 Å². The number of aliphatic hydroxyl groups is 1. The number of aromatic nitrogens is 3. The summed E-state index contributed by atoms with van der Waals surface area (Å²) in [5.74, 6) is 1.40. The van der Waals surface area contributed by atoms with Gasteiger partial charge in [0.1, 0.15) is 36.7 Å². The number of carbonyl (C=O) groups excluding carboxylic acids is 1. The lowest BCUT2D eigenvalue weighted by Gasteiger charge is -2.24. The molecule has 2 aromatic carbocycles. The second-order valence-corrected chi connectivity index (χ2v) is 9.09. The normalized spacial score (nSPS) is 11.8. The van der Waals surface area contributed by atoms with Crippen LogP contribution >= 0.6 is 0 Å². The summed E-state index contributed by atoms with van der Waals surface area (Å²) in [7, 11) is 0. The van der Waals surface area contributed by atoms with Gasteiger partial charge in [0, 0.05) is 44.2 Å². The Morgan fingerprint density at radius 2 is 1.95 bits per heavy atom. The van der Waals surface area contributed by atoms with E-state index in [-0.39, 0.29) is 19.1 Å². The third kappa shape index (κ3) is 7.38. The minimum absolute atomic E-state index is 0.0794. The third-order valence-corrected chi connectivity index (χ3v) is 6.18. The molecule has 8 nitrogen and oxygen atoms in total. The van der Waals surface area contributed by atoms with Gasteiger partial charge in [0.25, 0.3) is 0 Å². The van der Waals surface area contributed by atoms with E-state index in [2.05, 4.69) is 9.97 Å². The molecule has 0 atom stereocenters. The Morgan fingerprint density at radius 3 is 2.62 bits per heavy atom. The van der Waals surface area contributed by atoms with Crippen LogP contribution in [-0.2, 0) is 30.7 Å². The molecule has 0 saturated carbocycles. The van der Waals surface area contributed by atoms with Crippen molar-refractivity contribution in [2.45, 2.75) is 46.2 Å². The van der Waals surface area contributed by atoms with E-state index in [1.165, 1.54) is 25.3 Å². The zero-order valence-electron chi connectivity index (χ0n) is 22.1. The molecular formula is C29H29F3N4O4. The molecule has 0 bridgehead atoms. The van der Waals surface area contributed by atoms with Gasteiger partial charge in [-0.2, -0.15) is 13.2 Å². The molecule has 0 fully saturated rings. The number of aliphatic hydroxyl groups excluding tert-OH is 1. The molecule has 11 heteroatoms. The predicted octanol–water partition coefficient (Wildman–Crippen LogP) is 5.88. The first-order valence-electron chi connectivity index (χ1n) is 12.6. The van der Waals surface area contributed by atoms with Crippen molar-refractivity contribution in [2.24, 2.45) is 0 Å². The first kappa shape index (κ1) is 28.6. The van der Waals surface area contributed by atoms with Gasteiger partial charge in [-0.05, 0) is 60.9 Å². The van der Waals surface area contributed by atoms with E-state index < -0.39 is 11.7 Å². The summed E-state index contributed by atoms with van der Waals surface area (Å²) in [5.41, 5.74) is 2.06. The maximum absolute atomic E-state index is 12.7. The molecule has 0 unspecified atom stereocenters. The van der Waals surface area contributed by atoms with Crippen molar-refractivity contribution in [1.29, 1.82) is 0 Å². The number of nitrogens with zero attached hydrogens (tertiary/aromatic N) is 4. The maximum Gasteiger partial charge on any atom is 0.416 e. The van der Waals surface area contributed by atoms with Gasteiger partial charge in [-0.15, -0.1) is 0 Å². The van der Waals surface area contributed by atoms with Gasteiger partial charge >= 0.3 is 6.18 Å². The number of amides is 1. The third-order valence-electron chi connectivity index (χ3n) is 6.18. The molecule has 210 valence electrons. The fraction of sp³-hybridized carbons (Fsp3) is 0.276. The molecule has 0 radical (unpaired) electrons. The number of carbonyl (C=O) groups is 1. The van der Waals surface area contributed by atoms with Crippen molar-refractivity contribution in [3.8, 4) is 5.75 Å². The molecule has 1 N–H and O–H groups in total. The Hall–Kier alpha value is -4.38. The highest BCUT2D eigenvalue weighted by molar-refractivity contribution is 5.92.